The summed E-state index contributed by atoms with van der Waals surface area (Å²) < 4.78 is 50.9. The number of nitrogens with one attached hydrogen (secondary N) is 2. The summed E-state index contributed by atoms with van der Waals surface area (Å²) in [5.41, 5.74) is 3.68. The smallest absolute Gasteiger partial charge is 0.347 e. The molecule has 2 aliphatic heterocycles. The van der Waals surface area contributed by atoms with Gasteiger partial charge in [0.2, 0.25) is 0 Å². The third-order valence-electron chi connectivity index (χ3n) is 7.13. The SMILES string of the molecule is Cc1csc(NC(=O)c2cccc(CN3CCC4(CC3)OCCO4)c2)c1C(=O)NN=Cc1ccc(Cl)c(C(F)(F)F)c1. The van der Waals surface area contributed by atoms with Crippen molar-refractivity contribution in [3.8, 4) is 0 Å². The highest BCUT2D eigenvalue weighted by atomic mass is 35.5. The topological polar surface area (TPSA) is 92.3 Å². The van der Waals surface area contributed by atoms with Gasteiger partial charge in [-0.1, -0.05) is 29.8 Å². The normalized spacial score (nSPS) is 17.2. The zero-order chi connectivity index (χ0) is 29.9. The zero-order valence-electron chi connectivity index (χ0n) is 22.6. The van der Waals surface area contributed by atoms with Crippen LogP contribution in [0, 0.1) is 6.92 Å². The van der Waals surface area contributed by atoms with Gasteiger partial charge < -0.3 is 14.8 Å². The van der Waals surface area contributed by atoms with Crippen LogP contribution in [0.5, 0.6) is 0 Å². The first-order valence-corrected chi connectivity index (χ1v) is 14.5. The lowest BCUT2D eigenvalue weighted by molar-refractivity contribution is -0.185. The molecule has 2 aliphatic rings. The number of ether oxygens (including phenoxy) is 2. The van der Waals surface area contributed by atoms with Crippen molar-refractivity contribution < 1.29 is 32.2 Å². The van der Waals surface area contributed by atoms with Crippen LogP contribution in [-0.4, -0.2) is 55.0 Å². The summed E-state index contributed by atoms with van der Waals surface area (Å²) in [5.74, 6) is -1.43. The first-order valence-electron chi connectivity index (χ1n) is 13.2. The van der Waals surface area contributed by atoms with Crippen LogP contribution in [0.4, 0.5) is 18.2 Å². The van der Waals surface area contributed by atoms with Crippen LogP contribution in [0.1, 0.15) is 55.8 Å². The van der Waals surface area contributed by atoms with E-state index in [9.17, 15) is 22.8 Å². The minimum absolute atomic E-state index is 0.103. The molecule has 0 aliphatic carbocycles. The molecule has 222 valence electrons. The van der Waals surface area contributed by atoms with Crippen molar-refractivity contribution in [2.75, 3.05) is 31.6 Å². The maximum Gasteiger partial charge on any atom is 0.417 e. The molecular formula is C29H28ClF3N4O4S. The largest absolute Gasteiger partial charge is 0.417 e. The minimum atomic E-state index is -4.62. The Balaban J connectivity index is 1.21. The van der Waals surface area contributed by atoms with Gasteiger partial charge in [0.15, 0.2) is 5.79 Å². The van der Waals surface area contributed by atoms with Crippen LogP contribution < -0.4 is 10.7 Å². The van der Waals surface area contributed by atoms with Gasteiger partial charge in [-0.05, 0) is 53.3 Å². The van der Waals surface area contributed by atoms with Crippen molar-refractivity contribution in [3.63, 3.8) is 0 Å². The van der Waals surface area contributed by atoms with Crippen LogP contribution in [0.15, 0.2) is 52.9 Å². The van der Waals surface area contributed by atoms with Crippen molar-refractivity contribution in [2.45, 2.75) is 38.3 Å². The standard InChI is InChI=1S/C29H28ClF3N4O4S/c1-18-17-42-27(24(18)26(39)36-34-15-19-5-6-23(30)22(14-19)29(31,32)33)35-25(38)21-4-2-3-20(13-21)16-37-9-7-28(8-10-37)40-11-12-41-28/h2-6,13-15,17H,7-12,16H2,1H3,(H,35,38)(H,36,39). The number of halogens is 4. The molecule has 1 aromatic heterocycles. The first kappa shape index (κ1) is 30.2. The van der Waals surface area contributed by atoms with Gasteiger partial charge in [0.1, 0.15) is 5.00 Å². The number of amides is 2. The molecule has 3 aromatic rings. The van der Waals surface area contributed by atoms with Crippen LogP contribution in [-0.2, 0) is 22.2 Å². The van der Waals surface area contributed by atoms with E-state index in [1.165, 1.54) is 17.4 Å². The number of rotatable bonds is 7. The fraction of sp³-hybridized carbons (Fsp3) is 0.345. The number of hydrogen-bond donors (Lipinski definition) is 2. The van der Waals surface area contributed by atoms with Crippen molar-refractivity contribution in [1.29, 1.82) is 0 Å². The molecule has 13 heteroatoms. The quantitative estimate of drug-likeness (QED) is 0.247. The molecule has 8 nitrogen and oxygen atoms in total. The van der Waals surface area contributed by atoms with Gasteiger partial charge in [-0.25, -0.2) is 5.43 Å². The third-order valence-corrected chi connectivity index (χ3v) is 8.47. The van der Waals surface area contributed by atoms with E-state index in [2.05, 4.69) is 20.7 Å². The molecule has 2 amide bonds. The summed E-state index contributed by atoms with van der Waals surface area (Å²) in [5, 5.41) is 8.23. The van der Waals surface area contributed by atoms with E-state index in [0.717, 1.165) is 49.8 Å². The van der Waals surface area contributed by atoms with Crippen molar-refractivity contribution >= 4 is 46.0 Å². The number of thiophene rings is 1. The van der Waals surface area contributed by atoms with E-state index in [4.69, 9.17) is 21.1 Å². The highest BCUT2D eigenvalue weighted by Crippen LogP contribution is 2.35. The number of alkyl halides is 3. The van der Waals surface area contributed by atoms with E-state index in [0.29, 0.717) is 35.9 Å². The Morgan fingerprint density at radius 2 is 1.86 bits per heavy atom. The summed E-state index contributed by atoms with van der Waals surface area (Å²) in [7, 11) is 0. The summed E-state index contributed by atoms with van der Waals surface area (Å²) in [6.07, 6.45) is -1.94. The second-order valence-electron chi connectivity index (χ2n) is 10.1. The summed E-state index contributed by atoms with van der Waals surface area (Å²) >= 11 is 6.84. The Bertz CT molecular complexity index is 1490. The van der Waals surface area contributed by atoms with Gasteiger partial charge in [-0.3, -0.25) is 14.5 Å². The molecule has 2 fully saturated rings. The number of nitrogens with zero attached hydrogens (tertiary/aromatic N) is 2. The predicted molar refractivity (Wildman–Crippen MR) is 154 cm³/mol. The van der Waals surface area contributed by atoms with Crippen LogP contribution >= 0.6 is 22.9 Å². The van der Waals surface area contributed by atoms with Gasteiger partial charge in [-0.2, -0.15) is 18.3 Å². The minimum Gasteiger partial charge on any atom is -0.347 e. The third kappa shape index (κ3) is 7.01. The lowest BCUT2D eigenvalue weighted by Crippen LogP contribution is -2.44. The van der Waals surface area contributed by atoms with Crippen LogP contribution in [0.2, 0.25) is 5.02 Å². The fourth-order valence-electron chi connectivity index (χ4n) is 4.96. The second-order valence-corrected chi connectivity index (χ2v) is 11.4. The molecule has 1 spiro atoms. The molecule has 3 heterocycles. The average Bonchev–Trinajstić information content (AvgIpc) is 3.56. The highest BCUT2D eigenvalue weighted by molar-refractivity contribution is 7.15. The number of hydrogen-bond acceptors (Lipinski definition) is 7. The van der Waals surface area contributed by atoms with Crippen LogP contribution in [0.3, 0.4) is 0 Å². The summed E-state index contributed by atoms with van der Waals surface area (Å²) in [4.78, 5) is 28.3. The molecule has 0 bridgehead atoms. The first-order chi connectivity index (χ1) is 20.0. The Morgan fingerprint density at radius 1 is 1.12 bits per heavy atom. The molecular weight excluding hydrogens is 593 g/mol. The van der Waals surface area contributed by atoms with Crippen LogP contribution in [0.25, 0.3) is 0 Å². The Labute approximate surface area is 249 Å². The molecule has 2 N–H and O–H groups in total. The van der Waals surface area contributed by atoms with Gasteiger partial charge in [-0.15, -0.1) is 11.3 Å². The van der Waals surface area contributed by atoms with E-state index >= 15 is 0 Å². The second kappa shape index (κ2) is 12.5. The molecule has 0 radical (unpaired) electrons. The molecule has 0 unspecified atom stereocenters. The van der Waals surface area contributed by atoms with E-state index < -0.39 is 28.5 Å². The van der Waals surface area contributed by atoms with E-state index in [1.54, 1.807) is 18.4 Å². The number of carbonyl (C=O) groups excluding carboxylic acids is 2. The Kier molecular flexibility index (Phi) is 9.00. The number of hydrazone groups is 1. The Hall–Kier alpha value is -3.29. The maximum atomic E-state index is 13.1. The number of benzene rings is 2. The number of anilines is 1. The molecule has 2 saturated heterocycles. The van der Waals surface area contributed by atoms with Gasteiger partial charge in [0.25, 0.3) is 11.8 Å². The Morgan fingerprint density at radius 3 is 2.57 bits per heavy atom. The lowest BCUT2D eigenvalue weighted by Gasteiger charge is -2.37. The summed E-state index contributed by atoms with van der Waals surface area (Å²) in [6, 6.07) is 10.6. The number of carbonyl (C=O) groups is 2. The fourth-order valence-corrected chi connectivity index (χ4v) is 6.12. The molecule has 0 saturated carbocycles. The highest BCUT2D eigenvalue weighted by Gasteiger charge is 2.39. The average molecular weight is 621 g/mol. The predicted octanol–water partition coefficient (Wildman–Crippen LogP) is 6.08. The molecule has 2 aromatic carbocycles. The van der Waals surface area contributed by atoms with Crippen molar-refractivity contribution in [3.05, 3.63) is 86.2 Å². The monoisotopic (exact) mass is 620 g/mol. The van der Waals surface area contributed by atoms with Crippen molar-refractivity contribution in [1.82, 2.24) is 10.3 Å². The number of piperidine rings is 1. The maximum absolute atomic E-state index is 13.1. The molecule has 42 heavy (non-hydrogen) atoms. The van der Waals surface area contributed by atoms with E-state index in [1.807, 2.05) is 18.2 Å². The van der Waals surface area contributed by atoms with Gasteiger partial charge in [0, 0.05) is 38.0 Å². The molecule has 0 atom stereocenters. The summed E-state index contributed by atoms with van der Waals surface area (Å²) in [6.45, 7) is 5.31. The van der Waals surface area contributed by atoms with Gasteiger partial charge >= 0.3 is 6.18 Å². The van der Waals surface area contributed by atoms with Crippen molar-refractivity contribution in [2.24, 2.45) is 5.10 Å². The molecule has 5 rings (SSSR count). The zero-order valence-corrected chi connectivity index (χ0v) is 24.2. The number of likely N-dealkylation sites (tertiary alicyclic amines) is 1. The van der Waals surface area contributed by atoms with E-state index in [-0.39, 0.29) is 17.0 Å². The lowest BCUT2D eigenvalue weighted by atomic mass is 10.0. The van der Waals surface area contributed by atoms with Gasteiger partial charge in [0.05, 0.1) is 35.6 Å². The number of aryl methyl sites for hydroxylation is 1.